The highest BCUT2D eigenvalue weighted by Crippen LogP contribution is 2.38. The fraction of sp³-hybridized carbons (Fsp3) is 0.600. The first-order valence-electron chi connectivity index (χ1n) is 9.59. The number of halogens is 1. The van der Waals surface area contributed by atoms with Gasteiger partial charge in [-0.3, -0.25) is 9.59 Å². The molecular formula is C20H30ClN3O2S. The summed E-state index contributed by atoms with van der Waals surface area (Å²) in [5.74, 6) is 2.02. The van der Waals surface area contributed by atoms with E-state index in [-0.39, 0.29) is 29.6 Å². The molecule has 0 aromatic heterocycles. The molecule has 1 saturated heterocycles. The third-order valence-electron chi connectivity index (χ3n) is 5.57. The number of nitrogens with one attached hydrogen (secondary N) is 1. The molecule has 3 N–H and O–H groups in total. The summed E-state index contributed by atoms with van der Waals surface area (Å²) in [6.07, 6.45) is 6.07. The third-order valence-corrected chi connectivity index (χ3v) is 6.52. The molecule has 1 saturated carbocycles. The number of carbonyl (C=O) groups is 2. The second-order valence-corrected chi connectivity index (χ2v) is 8.70. The molecule has 0 unspecified atom stereocenters. The molecule has 0 atom stereocenters. The average Bonchev–Trinajstić information content (AvgIpc) is 2.69. The molecule has 2 amide bonds. The van der Waals surface area contributed by atoms with E-state index in [0.717, 1.165) is 50.3 Å². The van der Waals surface area contributed by atoms with E-state index < -0.39 is 0 Å². The lowest BCUT2D eigenvalue weighted by Gasteiger charge is -2.35. The number of benzene rings is 1. The van der Waals surface area contributed by atoms with Crippen LogP contribution in [0.2, 0.25) is 0 Å². The Bertz CT molecular complexity index is 644. The maximum absolute atomic E-state index is 12.6. The average molecular weight is 412 g/mol. The van der Waals surface area contributed by atoms with Crippen molar-refractivity contribution in [2.45, 2.75) is 38.5 Å². The van der Waals surface area contributed by atoms with Crippen molar-refractivity contribution in [3.63, 3.8) is 0 Å². The zero-order valence-electron chi connectivity index (χ0n) is 15.7. The normalized spacial score (nSPS) is 19.1. The molecule has 7 heteroatoms. The molecule has 0 bridgehead atoms. The Morgan fingerprint density at radius 1 is 1.15 bits per heavy atom. The Morgan fingerprint density at radius 3 is 2.52 bits per heavy atom. The topological polar surface area (TPSA) is 75.4 Å². The van der Waals surface area contributed by atoms with Crippen LogP contribution < -0.4 is 11.1 Å². The van der Waals surface area contributed by atoms with Gasteiger partial charge in [0.15, 0.2) is 0 Å². The minimum Gasteiger partial charge on any atom is -0.337 e. The monoisotopic (exact) mass is 411 g/mol. The fourth-order valence-corrected chi connectivity index (χ4v) is 4.88. The maximum atomic E-state index is 12.6. The Balaban J connectivity index is 0.00000261. The van der Waals surface area contributed by atoms with E-state index in [1.807, 2.05) is 34.9 Å². The van der Waals surface area contributed by atoms with Gasteiger partial charge in [0.1, 0.15) is 0 Å². The van der Waals surface area contributed by atoms with Crippen LogP contribution in [0.4, 0.5) is 5.69 Å². The van der Waals surface area contributed by atoms with Gasteiger partial charge in [0, 0.05) is 42.3 Å². The first-order chi connectivity index (χ1) is 12.6. The van der Waals surface area contributed by atoms with Crippen molar-refractivity contribution in [2.24, 2.45) is 11.1 Å². The third kappa shape index (κ3) is 5.87. The van der Waals surface area contributed by atoms with Gasteiger partial charge in [0.05, 0.1) is 0 Å². The summed E-state index contributed by atoms with van der Waals surface area (Å²) in [7, 11) is 0. The summed E-state index contributed by atoms with van der Waals surface area (Å²) in [5, 5.41) is 2.98. The minimum absolute atomic E-state index is 0. The van der Waals surface area contributed by atoms with E-state index in [1.54, 1.807) is 6.07 Å². The molecule has 27 heavy (non-hydrogen) atoms. The van der Waals surface area contributed by atoms with Crippen LogP contribution in [0.25, 0.3) is 0 Å². The number of anilines is 1. The maximum Gasteiger partial charge on any atom is 0.253 e. The SMILES string of the molecule is Cl.NCC1(CC(=O)Nc2cccc(C(=O)N3CCSCC3)c2)CCCCC1. The van der Waals surface area contributed by atoms with Crippen molar-refractivity contribution in [2.75, 3.05) is 36.5 Å². The summed E-state index contributed by atoms with van der Waals surface area (Å²) < 4.78 is 0. The molecule has 0 radical (unpaired) electrons. The zero-order valence-corrected chi connectivity index (χ0v) is 17.4. The van der Waals surface area contributed by atoms with Crippen LogP contribution in [0, 0.1) is 5.41 Å². The van der Waals surface area contributed by atoms with Crippen molar-refractivity contribution in [3.05, 3.63) is 29.8 Å². The lowest BCUT2D eigenvalue weighted by Crippen LogP contribution is -2.38. The summed E-state index contributed by atoms with van der Waals surface area (Å²) in [6, 6.07) is 7.29. The first kappa shape index (κ1) is 22.1. The van der Waals surface area contributed by atoms with E-state index in [0.29, 0.717) is 24.2 Å². The number of hydrogen-bond donors (Lipinski definition) is 2. The van der Waals surface area contributed by atoms with Crippen LogP contribution in [0.5, 0.6) is 0 Å². The predicted molar refractivity (Wildman–Crippen MR) is 115 cm³/mol. The molecule has 3 rings (SSSR count). The Labute approximate surface area is 172 Å². The summed E-state index contributed by atoms with van der Waals surface area (Å²) >= 11 is 1.88. The Hall–Kier alpha value is -1.24. The van der Waals surface area contributed by atoms with Crippen LogP contribution in [-0.4, -0.2) is 47.9 Å². The lowest BCUT2D eigenvalue weighted by atomic mass is 9.71. The molecular weight excluding hydrogens is 382 g/mol. The summed E-state index contributed by atoms with van der Waals surface area (Å²) in [6.45, 7) is 2.14. The van der Waals surface area contributed by atoms with E-state index in [9.17, 15) is 9.59 Å². The van der Waals surface area contributed by atoms with Gasteiger partial charge in [0.25, 0.3) is 5.91 Å². The lowest BCUT2D eigenvalue weighted by molar-refractivity contribution is -0.118. The quantitative estimate of drug-likeness (QED) is 0.777. The van der Waals surface area contributed by atoms with Crippen LogP contribution in [0.1, 0.15) is 48.9 Å². The highest BCUT2D eigenvalue weighted by Gasteiger charge is 2.33. The highest BCUT2D eigenvalue weighted by molar-refractivity contribution is 7.99. The Morgan fingerprint density at radius 2 is 1.85 bits per heavy atom. The van der Waals surface area contributed by atoms with Gasteiger partial charge in [-0.05, 0) is 43.0 Å². The largest absolute Gasteiger partial charge is 0.337 e. The molecule has 1 aliphatic heterocycles. The molecule has 5 nitrogen and oxygen atoms in total. The highest BCUT2D eigenvalue weighted by atomic mass is 35.5. The van der Waals surface area contributed by atoms with Crippen molar-refractivity contribution in [1.82, 2.24) is 4.90 Å². The van der Waals surface area contributed by atoms with E-state index in [1.165, 1.54) is 6.42 Å². The molecule has 1 heterocycles. The van der Waals surface area contributed by atoms with Crippen molar-refractivity contribution < 1.29 is 9.59 Å². The van der Waals surface area contributed by atoms with E-state index in [4.69, 9.17) is 5.73 Å². The smallest absolute Gasteiger partial charge is 0.253 e. The number of thioether (sulfide) groups is 1. The standard InChI is InChI=1S/C20H29N3O2S.ClH/c21-15-20(7-2-1-3-8-20)14-18(24)22-17-6-4-5-16(13-17)19(25)23-9-11-26-12-10-23;/h4-6,13H,1-3,7-12,14-15,21H2,(H,22,24);1H. The molecule has 2 aliphatic rings. The molecule has 2 fully saturated rings. The molecule has 1 aromatic carbocycles. The number of hydrogen-bond acceptors (Lipinski definition) is 4. The molecule has 150 valence electrons. The first-order valence-corrected chi connectivity index (χ1v) is 10.7. The summed E-state index contributed by atoms with van der Waals surface area (Å²) in [4.78, 5) is 27.1. The minimum atomic E-state index is -0.0543. The second kappa shape index (κ2) is 10.3. The molecule has 1 aromatic rings. The van der Waals surface area contributed by atoms with Crippen LogP contribution in [-0.2, 0) is 4.79 Å². The second-order valence-electron chi connectivity index (χ2n) is 7.48. The number of amides is 2. The van der Waals surface area contributed by atoms with Crippen LogP contribution in [0.15, 0.2) is 24.3 Å². The van der Waals surface area contributed by atoms with E-state index >= 15 is 0 Å². The van der Waals surface area contributed by atoms with Gasteiger partial charge in [-0.2, -0.15) is 11.8 Å². The summed E-state index contributed by atoms with van der Waals surface area (Å²) in [5.41, 5.74) is 7.27. The van der Waals surface area contributed by atoms with E-state index in [2.05, 4.69) is 5.32 Å². The van der Waals surface area contributed by atoms with Gasteiger partial charge in [-0.15, -0.1) is 12.4 Å². The van der Waals surface area contributed by atoms with Gasteiger partial charge in [-0.1, -0.05) is 25.3 Å². The number of nitrogens with two attached hydrogens (primary N) is 1. The van der Waals surface area contributed by atoms with Crippen LogP contribution >= 0.6 is 24.2 Å². The van der Waals surface area contributed by atoms with Crippen molar-refractivity contribution in [3.8, 4) is 0 Å². The zero-order chi connectivity index (χ0) is 18.4. The number of nitrogens with zero attached hydrogens (tertiary/aromatic N) is 1. The van der Waals surface area contributed by atoms with Crippen molar-refractivity contribution >= 4 is 41.7 Å². The van der Waals surface area contributed by atoms with Gasteiger partial charge >= 0.3 is 0 Å². The predicted octanol–water partition coefficient (Wildman–Crippen LogP) is 3.54. The molecule has 0 spiro atoms. The van der Waals surface area contributed by atoms with Crippen molar-refractivity contribution in [1.29, 1.82) is 0 Å². The number of rotatable bonds is 5. The van der Waals surface area contributed by atoms with Gasteiger partial charge in [0.2, 0.25) is 5.91 Å². The number of carbonyl (C=O) groups excluding carboxylic acids is 2. The van der Waals surface area contributed by atoms with Gasteiger partial charge < -0.3 is 16.0 Å². The Kier molecular flexibility index (Phi) is 8.45. The van der Waals surface area contributed by atoms with Gasteiger partial charge in [-0.25, -0.2) is 0 Å². The molecule has 1 aliphatic carbocycles. The fourth-order valence-electron chi connectivity index (χ4n) is 3.98. The van der Waals surface area contributed by atoms with Crippen LogP contribution in [0.3, 0.4) is 0 Å².